The Morgan fingerprint density at radius 1 is 0.426 bits per heavy atom. The van der Waals surface area contributed by atoms with Gasteiger partial charge in [0.05, 0.1) is 63.2 Å². The zero-order valence-corrected chi connectivity index (χ0v) is 68.1. The van der Waals surface area contributed by atoms with Crippen LogP contribution in [-0.2, 0) is 34.2 Å². The quantitative estimate of drug-likeness (QED) is 0.0165. The lowest BCUT2D eigenvalue weighted by Gasteiger charge is -2.43. The summed E-state index contributed by atoms with van der Waals surface area (Å²) in [5, 5.41) is 21.7. The third kappa shape index (κ3) is 17.0. The highest BCUT2D eigenvalue weighted by atomic mass is 32.2. The van der Waals surface area contributed by atoms with E-state index < -0.39 is 21.2 Å². The number of anilines is 8. The maximum atomic E-state index is 12.8. The third-order valence-corrected chi connectivity index (χ3v) is 21.9. The number of carbonyl (C=O) groups excluding carboxylic acids is 6. The number of amides is 6. The second kappa shape index (κ2) is 33.9. The summed E-state index contributed by atoms with van der Waals surface area (Å²) in [5.41, 5.74) is 28.7. The van der Waals surface area contributed by atoms with Gasteiger partial charge in [-0.3, -0.25) is 63.2 Å². The van der Waals surface area contributed by atoms with Crippen LogP contribution >= 0.6 is 0 Å². The van der Waals surface area contributed by atoms with E-state index in [1.807, 2.05) is 185 Å². The van der Waals surface area contributed by atoms with Gasteiger partial charge < -0.3 is 35.3 Å². The molecule has 9 aromatic rings. The maximum absolute atomic E-state index is 12.8. The molecule has 4 heterocycles. The Kier molecular flexibility index (Phi) is 24.8. The summed E-state index contributed by atoms with van der Waals surface area (Å²) in [6, 6.07) is 41.9. The molecule has 4 fully saturated rings. The van der Waals surface area contributed by atoms with E-state index in [0.717, 1.165) is 112 Å². The van der Waals surface area contributed by atoms with E-state index in [1.165, 1.54) is 30.3 Å². The number of nitro groups is 1. The molecule has 4 aliphatic heterocycles. The van der Waals surface area contributed by atoms with Crippen LogP contribution in [0.4, 0.5) is 51.2 Å². The summed E-state index contributed by atoms with van der Waals surface area (Å²) in [4.78, 5) is 92.0. The number of rotatable bonds is 19. The first-order valence-corrected chi connectivity index (χ1v) is 38.0. The summed E-state index contributed by atoms with van der Waals surface area (Å²) >= 11 is 0. The first-order chi connectivity index (χ1) is 54.3. The van der Waals surface area contributed by atoms with Crippen LogP contribution in [0.2, 0.25) is 0 Å². The van der Waals surface area contributed by atoms with Crippen molar-refractivity contribution in [3.63, 3.8) is 0 Å². The normalized spacial score (nSPS) is 16.0. The number of nitrogens with zero attached hydrogens (tertiary/aromatic N) is 5. The lowest BCUT2D eigenvalue weighted by molar-refractivity contribution is -0.384. The molecule has 4 aliphatic rings. The van der Waals surface area contributed by atoms with Crippen molar-refractivity contribution in [1.29, 1.82) is 0 Å². The van der Waals surface area contributed by atoms with E-state index in [4.69, 9.17) is 29.8 Å². The Labute approximate surface area is 670 Å². The molecule has 9 aromatic carbocycles. The monoisotopic (exact) mass is 1570 g/mol. The molecule has 0 aliphatic carbocycles. The number of nitrogens with one attached hydrogen (secondary N) is 3. The van der Waals surface area contributed by atoms with Crippen LogP contribution in [0.1, 0.15) is 124 Å². The molecule has 115 heavy (non-hydrogen) atoms. The van der Waals surface area contributed by atoms with Crippen LogP contribution in [0, 0.1) is 93.2 Å². The van der Waals surface area contributed by atoms with Crippen molar-refractivity contribution < 1.29 is 61.1 Å². The number of nitrogen functional groups attached to an aromatic ring is 1. The molecule has 7 N–H and O–H groups in total. The van der Waals surface area contributed by atoms with Gasteiger partial charge in [-0.15, -0.1) is 0 Å². The fraction of sp³-hybridized carbons (Fsp3) is 0.222. The number of ether oxygens (including phenoxy) is 4. The number of carbonyl (C=O) groups is 6. The molecule has 0 bridgehead atoms. The Morgan fingerprint density at radius 2 is 0.713 bits per heavy atom. The van der Waals surface area contributed by atoms with Crippen LogP contribution in [-0.4, -0.2) is 77.2 Å². The topological polar surface area (TPSA) is 318 Å². The van der Waals surface area contributed by atoms with E-state index in [0.29, 0.717) is 73.4 Å². The van der Waals surface area contributed by atoms with Crippen LogP contribution < -0.4 is 64.8 Å². The van der Waals surface area contributed by atoms with Gasteiger partial charge in [0, 0.05) is 104 Å². The highest BCUT2D eigenvalue weighted by molar-refractivity contribution is 7.90. The molecule has 6 amide bonds. The second-order valence-electron chi connectivity index (χ2n) is 28.7. The molecule has 0 unspecified atom stereocenters. The molecule has 25 heteroatoms. The van der Waals surface area contributed by atoms with E-state index in [9.17, 15) is 47.3 Å². The van der Waals surface area contributed by atoms with Crippen molar-refractivity contribution in [2.24, 2.45) is 5.14 Å². The van der Waals surface area contributed by atoms with Crippen molar-refractivity contribution in [2.45, 2.75) is 107 Å². The van der Waals surface area contributed by atoms with Crippen molar-refractivity contribution in [3.8, 4) is 23.0 Å². The molecular formula is C90H94N10O14S. The van der Waals surface area contributed by atoms with E-state index in [-0.39, 0.29) is 59.3 Å². The summed E-state index contributed by atoms with van der Waals surface area (Å²) < 4.78 is 47.0. The average Bonchev–Trinajstić information content (AvgIpc) is 0.756. The lowest BCUT2D eigenvalue weighted by atomic mass is 9.87. The Bertz CT molecular complexity index is 5710. The van der Waals surface area contributed by atoms with Gasteiger partial charge in [0.2, 0.25) is 5.91 Å². The largest absolute Gasteiger partial charge is 0.496 e. The molecule has 0 spiro atoms. The zero-order valence-electron chi connectivity index (χ0n) is 67.3. The van der Waals surface area contributed by atoms with Gasteiger partial charge in [-0.1, -0.05) is 81.4 Å². The van der Waals surface area contributed by atoms with Gasteiger partial charge in [0.1, 0.15) is 23.0 Å². The lowest BCUT2D eigenvalue weighted by Crippen LogP contribution is -2.49. The van der Waals surface area contributed by atoms with Gasteiger partial charge in [0.25, 0.3) is 45.4 Å². The number of hydrogen-bond acceptors (Lipinski definition) is 15. The predicted octanol–water partition coefficient (Wildman–Crippen LogP) is 16.5. The fourth-order valence-electron chi connectivity index (χ4n) is 13.9. The minimum atomic E-state index is -3.91. The predicted molar refractivity (Wildman–Crippen MR) is 453 cm³/mol. The van der Waals surface area contributed by atoms with Gasteiger partial charge in [-0.2, -0.15) is 8.42 Å². The average molecular weight is 1570 g/mol. The van der Waals surface area contributed by atoms with Crippen LogP contribution in [0.25, 0.3) is 0 Å². The molecule has 0 radical (unpaired) electrons. The molecule has 24 nitrogen and oxygen atoms in total. The Hall–Kier alpha value is -13.4. The van der Waals surface area contributed by atoms with E-state index >= 15 is 0 Å². The number of β-lactam (4-membered cyclic amide) rings is 4. The van der Waals surface area contributed by atoms with Gasteiger partial charge in [-0.05, 0) is 239 Å². The number of hydrogen-bond donors (Lipinski definition) is 5. The maximum Gasteiger partial charge on any atom is 0.296 e. The Morgan fingerprint density at radius 3 is 1.00 bits per heavy atom. The summed E-state index contributed by atoms with van der Waals surface area (Å²) in [5.74, 6) is 1.70. The summed E-state index contributed by atoms with van der Waals surface area (Å²) in [7, 11) is 2.53. The van der Waals surface area contributed by atoms with Crippen molar-refractivity contribution >= 4 is 96.8 Å². The highest BCUT2D eigenvalue weighted by Crippen LogP contribution is 2.50. The molecule has 4 saturated heterocycles. The molecule has 594 valence electrons. The van der Waals surface area contributed by atoms with Gasteiger partial charge >= 0.3 is 0 Å². The number of benzene rings is 9. The van der Waals surface area contributed by atoms with Crippen LogP contribution in [0.5, 0.6) is 23.0 Å². The van der Waals surface area contributed by atoms with Crippen LogP contribution in [0.3, 0.4) is 0 Å². The molecule has 13 rings (SSSR count). The van der Waals surface area contributed by atoms with Crippen molar-refractivity contribution in [2.75, 3.05) is 69.1 Å². The minimum absolute atomic E-state index is 0.0653. The fourth-order valence-corrected chi connectivity index (χ4v) is 14.4. The zero-order chi connectivity index (χ0) is 84.4. The number of methoxy groups -OCH3 is 4. The number of aryl methyl sites for hydroxylation is 8. The van der Waals surface area contributed by atoms with Gasteiger partial charge in [0.15, 0.2) is 0 Å². The molecule has 0 aromatic heterocycles. The second-order valence-corrected chi connectivity index (χ2v) is 30.0. The van der Waals surface area contributed by atoms with Crippen molar-refractivity contribution in [3.05, 3.63) is 312 Å². The van der Waals surface area contributed by atoms with E-state index in [2.05, 4.69) is 48.3 Å². The molecular weight excluding hydrogens is 1480 g/mol. The van der Waals surface area contributed by atoms with Crippen molar-refractivity contribution in [1.82, 2.24) is 0 Å². The van der Waals surface area contributed by atoms with Crippen LogP contribution in [0.15, 0.2) is 207 Å². The molecule has 0 saturated carbocycles. The number of nitrogens with two attached hydrogens (primary N) is 2. The summed E-state index contributed by atoms with van der Waals surface area (Å²) in [6.45, 7) is 42.6. The highest BCUT2D eigenvalue weighted by Gasteiger charge is 2.47. The smallest absolute Gasteiger partial charge is 0.296 e. The standard InChI is InChI=1S/C27H25N3O5.C23H24N2O3.C20H23N3O4S.C20H22N2O2/c1-15-6-7-20(13-23(15)28-26(31)19-8-10-21(11-9-19)30(33)34)25-18(4)27(32)29(25)22-12-16(2)17(3)24(14-22)35-5;1-7-21(26)24-19-11-17(9-8-13(19)2)22-16(5)23(27)25(22)18-10-14(3)15(4)20(12-18)28-6;1-11-6-7-15(9-17(11)22-28(21,25)26)19-14(4)20(24)23(19)16-8-12(2)13(3)18(10-16)27-5;1-11-6-7-15(9-17(11)21)19-14(4)20(23)22(19)16-8-12(2)13(3)18(10-16)24-5/h6-14,25H,4H2,1-3,5H3,(H,28,31);7-12,22H,1,5H2,2-4,6H3,(H,24,26);6-10,19,22H,4H2,1-3,5H3,(H2,21,25,26);6-10,19H,4,21H2,1-3,5H3/t25-;22-;2*19-/m1111/s1. The SMILES string of the molecule is C=C1C(=O)N(c2cc(C)c(C)c(OC)c2)[C@H]1c1ccc(C)c(N)c1.C=C1C(=O)N(c2cc(C)c(C)c(OC)c2)[C@H]1c1ccc(C)c(NC(=O)c2ccc([N+](=O)[O-])cc2)c1.C=C1C(=O)N(c2cc(C)c(C)c(OC)c2)[C@H]1c1ccc(C)c(NS(N)(=O)=O)c1.C=CC(=O)Nc1cc([C@H]2C(=C)C(=O)N2c2cc(C)c(C)c(OC)c2)ccc1C. The first-order valence-electron chi connectivity index (χ1n) is 36.5. The molecule has 4 atom stereocenters. The first kappa shape index (κ1) is 84.1. The van der Waals surface area contributed by atoms with Gasteiger partial charge in [-0.25, -0.2) is 5.14 Å². The Balaban J connectivity index is 0.000000163. The summed E-state index contributed by atoms with van der Waals surface area (Å²) in [6.07, 6.45) is 1.23. The van der Waals surface area contributed by atoms with E-state index in [1.54, 1.807) is 67.1 Å². The number of nitro benzene ring substituents is 1. The third-order valence-electron chi connectivity index (χ3n) is 21.4. The number of non-ortho nitro benzene ring substituents is 1. The minimum Gasteiger partial charge on any atom is -0.496 e.